The number of rotatable bonds is 6. The summed E-state index contributed by atoms with van der Waals surface area (Å²) in [6.07, 6.45) is 0. The van der Waals surface area contributed by atoms with Crippen LogP contribution in [0.5, 0.6) is 5.75 Å². The first-order chi connectivity index (χ1) is 14.8. The van der Waals surface area contributed by atoms with Crippen molar-refractivity contribution in [2.45, 2.75) is 32.5 Å². The van der Waals surface area contributed by atoms with E-state index in [1.807, 2.05) is 6.92 Å². The van der Waals surface area contributed by atoms with Crippen molar-refractivity contribution in [2.24, 2.45) is 0 Å². The number of ether oxygens (including phenoxy) is 1. The molecule has 2 aromatic rings. The Labute approximate surface area is 186 Å². The fourth-order valence-electron chi connectivity index (χ4n) is 3.75. The monoisotopic (exact) mass is 447 g/mol. The van der Waals surface area contributed by atoms with E-state index in [-0.39, 0.29) is 41.9 Å². The molecular weight excluding hydrogens is 421 g/mol. The molecule has 2 aromatic carbocycles. The van der Waals surface area contributed by atoms with Crippen LogP contribution in [0, 0.1) is 5.82 Å². The van der Waals surface area contributed by atoms with Gasteiger partial charge in [0.2, 0.25) is 0 Å². The SMILES string of the molecule is CNC(=O)c1cc(Cl)ccc1OCC(=O)N1CC(C)N(Cc2ccc(F)cc2)CC1C. The smallest absolute Gasteiger partial charge is 0.260 e. The van der Waals surface area contributed by atoms with Crippen molar-refractivity contribution in [3.05, 3.63) is 64.4 Å². The molecule has 2 unspecified atom stereocenters. The van der Waals surface area contributed by atoms with Crippen molar-refractivity contribution in [1.29, 1.82) is 0 Å². The Kier molecular flexibility index (Phi) is 7.51. The largest absolute Gasteiger partial charge is 0.483 e. The number of carbonyl (C=O) groups is 2. The zero-order valence-electron chi connectivity index (χ0n) is 17.9. The Morgan fingerprint density at radius 2 is 1.84 bits per heavy atom. The number of carbonyl (C=O) groups excluding carboxylic acids is 2. The van der Waals surface area contributed by atoms with Gasteiger partial charge in [0.25, 0.3) is 11.8 Å². The molecule has 1 N–H and O–H groups in total. The fourth-order valence-corrected chi connectivity index (χ4v) is 3.92. The Bertz CT molecular complexity index is 938. The molecule has 0 aromatic heterocycles. The molecule has 0 spiro atoms. The molecule has 166 valence electrons. The van der Waals surface area contributed by atoms with Crippen LogP contribution in [0.3, 0.4) is 0 Å². The maximum atomic E-state index is 13.2. The van der Waals surface area contributed by atoms with E-state index in [2.05, 4.69) is 17.1 Å². The second kappa shape index (κ2) is 10.1. The lowest BCUT2D eigenvalue weighted by molar-refractivity contribution is -0.139. The lowest BCUT2D eigenvalue weighted by Crippen LogP contribution is -2.58. The summed E-state index contributed by atoms with van der Waals surface area (Å²) in [6, 6.07) is 11.4. The molecular formula is C23H27ClFN3O3. The number of piperazine rings is 1. The van der Waals surface area contributed by atoms with Gasteiger partial charge in [0, 0.05) is 43.8 Å². The topological polar surface area (TPSA) is 61.9 Å². The highest BCUT2D eigenvalue weighted by atomic mass is 35.5. The molecule has 1 aliphatic heterocycles. The van der Waals surface area contributed by atoms with Gasteiger partial charge in [0.15, 0.2) is 6.61 Å². The molecule has 0 radical (unpaired) electrons. The van der Waals surface area contributed by atoms with Crippen LogP contribution in [0.15, 0.2) is 42.5 Å². The predicted octanol–water partition coefficient (Wildman–Crippen LogP) is 3.34. The Morgan fingerprint density at radius 1 is 1.13 bits per heavy atom. The number of benzene rings is 2. The average molecular weight is 448 g/mol. The van der Waals surface area contributed by atoms with Gasteiger partial charge in [0.1, 0.15) is 11.6 Å². The van der Waals surface area contributed by atoms with Crippen LogP contribution >= 0.6 is 11.6 Å². The summed E-state index contributed by atoms with van der Waals surface area (Å²) >= 11 is 5.98. The van der Waals surface area contributed by atoms with Crippen molar-refractivity contribution in [3.63, 3.8) is 0 Å². The summed E-state index contributed by atoms with van der Waals surface area (Å²) < 4.78 is 18.8. The summed E-state index contributed by atoms with van der Waals surface area (Å²) in [5, 5.41) is 2.96. The summed E-state index contributed by atoms with van der Waals surface area (Å²) in [4.78, 5) is 29.0. The van der Waals surface area contributed by atoms with Gasteiger partial charge in [-0.15, -0.1) is 0 Å². The highest BCUT2D eigenvalue weighted by Gasteiger charge is 2.32. The number of halogens is 2. The minimum absolute atomic E-state index is 0.00335. The van der Waals surface area contributed by atoms with E-state index in [0.717, 1.165) is 5.56 Å². The maximum absolute atomic E-state index is 13.2. The third kappa shape index (κ3) is 5.74. The van der Waals surface area contributed by atoms with Crippen molar-refractivity contribution < 1.29 is 18.7 Å². The van der Waals surface area contributed by atoms with Gasteiger partial charge >= 0.3 is 0 Å². The molecule has 2 amide bonds. The number of hydrogen-bond acceptors (Lipinski definition) is 4. The first-order valence-electron chi connectivity index (χ1n) is 10.2. The third-order valence-corrected chi connectivity index (χ3v) is 5.73. The van der Waals surface area contributed by atoms with Gasteiger partial charge in [-0.05, 0) is 49.7 Å². The van der Waals surface area contributed by atoms with Crippen LogP contribution < -0.4 is 10.1 Å². The van der Waals surface area contributed by atoms with Crippen LogP contribution in [0.2, 0.25) is 5.02 Å². The van der Waals surface area contributed by atoms with Crippen molar-refractivity contribution in [3.8, 4) is 5.75 Å². The molecule has 0 saturated carbocycles. The molecule has 1 heterocycles. The van der Waals surface area contributed by atoms with Crippen LogP contribution in [-0.2, 0) is 11.3 Å². The standard InChI is InChI=1S/C23H27ClFN3O3/c1-15-12-28(16(2)11-27(15)13-17-4-7-19(25)8-5-17)22(29)14-31-21-9-6-18(24)10-20(21)23(30)26-3/h4-10,15-16H,11-14H2,1-3H3,(H,26,30). The lowest BCUT2D eigenvalue weighted by Gasteiger charge is -2.44. The minimum atomic E-state index is -0.332. The zero-order valence-corrected chi connectivity index (χ0v) is 18.7. The van der Waals surface area contributed by atoms with Crippen LogP contribution in [0.1, 0.15) is 29.8 Å². The third-order valence-electron chi connectivity index (χ3n) is 5.50. The predicted molar refractivity (Wildman–Crippen MR) is 118 cm³/mol. The molecule has 0 aliphatic carbocycles. The zero-order chi connectivity index (χ0) is 22.5. The first kappa shape index (κ1) is 23.0. The second-order valence-corrected chi connectivity index (χ2v) is 8.24. The Balaban J connectivity index is 1.61. The highest BCUT2D eigenvalue weighted by Crippen LogP contribution is 2.24. The maximum Gasteiger partial charge on any atom is 0.260 e. The number of hydrogen-bond donors (Lipinski definition) is 1. The molecule has 8 heteroatoms. The van der Waals surface area contributed by atoms with Crippen LogP contribution in [-0.4, -0.2) is 60.4 Å². The van der Waals surface area contributed by atoms with Gasteiger partial charge in [-0.1, -0.05) is 23.7 Å². The summed E-state index contributed by atoms with van der Waals surface area (Å²) in [5.74, 6) is -0.409. The van der Waals surface area contributed by atoms with Gasteiger partial charge in [-0.3, -0.25) is 14.5 Å². The normalized spacial score (nSPS) is 19.2. The molecule has 1 aliphatic rings. The second-order valence-electron chi connectivity index (χ2n) is 7.81. The van der Waals surface area contributed by atoms with E-state index in [1.165, 1.54) is 25.2 Å². The number of nitrogens with zero attached hydrogens (tertiary/aromatic N) is 2. The van der Waals surface area contributed by atoms with Gasteiger partial charge in [-0.25, -0.2) is 4.39 Å². The Morgan fingerprint density at radius 3 is 2.52 bits per heavy atom. The van der Waals surface area contributed by atoms with E-state index in [9.17, 15) is 14.0 Å². The molecule has 3 rings (SSSR count). The summed E-state index contributed by atoms with van der Waals surface area (Å²) in [7, 11) is 1.52. The van der Waals surface area contributed by atoms with Crippen LogP contribution in [0.4, 0.5) is 4.39 Å². The van der Waals surface area contributed by atoms with Crippen LogP contribution in [0.25, 0.3) is 0 Å². The van der Waals surface area contributed by atoms with E-state index in [1.54, 1.807) is 29.2 Å². The molecule has 31 heavy (non-hydrogen) atoms. The minimum Gasteiger partial charge on any atom is -0.483 e. The first-order valence-corrected chi connectivity index (χ1v) is 10.6. The quantitative estimate of drug-likeness (QED) is 0.737. The average Bonchev–Trinajstić information content (AvgIpc) is 2.75. The highest BCUT2D eigenvalue weighted by molar-refractivity contribution is 6.31. The van der Waals surface area contributed by atoms with Crippen molar-refractivity contribution in [2.75, 3.05) is 26.7 Å². The Hall–Kier alpha value is -2.64. The van der Waals surface area contributed by atoms with E-state index in [4.69, 9.17) is 16.3 Å². The molecule has 1 saturated heterocycles. The van der Waals surface area contributed by atoms with Crippen molar-refractivity contribution >= 4 is 23.4 Å². The number of nitrogens with one attached hydrogen (secondary N) is 1. The van der Waals surface area contributed by atoms with Gasteiger partial charge < -0.3 is 15.0 Å². The summed E-state index contributed by atoms with van der Waals surface area (Å²) in [5.41, 5.74) is 1.32. The fraction of sp³-hybridized carbons (Fsp3) is 0.391. The molecule has 2 atom stereocenters. The van der Waals surface area contributed by atoms with E-state index >= 15 is 0 Å². The summed E-state index contributed by atoms with van der Waals surface area (Å²) in [6.45, 7) is 5.87. The number of amides is 2. The van der Waals surface area contributed by atoms with E-state index in [0.29, 0.717) is 30.4 Å². The van der Waals surface area contributed by atoms with E-state index < -0.39 is 0 Å². The lowest BCUT2D eigenvalue weighted by atomic mass is 10.1. The molecule has 6 nitrogen and oxygen atoms in total. The van der Waals surface area contributed by atoms with Gasteiger partial charge in [0.05, 0.1) is 5.56 Å². The molecule has 0 bridgehead atoms. The molecule has 1 fully saturated rings. The van der Waals surface area contributed by atoms with Gasteiger partial charge in [-0.2, -0.15) is 0 Å². The van der Waals surface area contributed by atoms with Crippen molar-refractivity contribution in [1.82, 2.24) is 15.1 Å².